The van der Waals surface area contributed by atoms with Gasteiger partial charge in [-0.05, 0) is 110 Å². The number of hydrogen-bond acceptors (Lipinski definition) is 6. The molecule has 0 aliphatic heterocycles. The molecule has 0 saturated carbocycles. The Bertz CT molecular complexity index is 4200. The van der Waals surface area contributed by atoms with Gasteiger partial charge in [-0.1, -0.05) is 121 Å². The van der Waals surface area contributed by atoms with Crippen LogP contribution in [0.15, 0.2) is 201 Å². The van der Waals surface area contributed by atoms with Gasteiger partial charge in [-0.2, -0.15) is 0 Å². The van der Waals surface area contributed by atoms with Crippen LogP contribution in [0, 0.1) is 0 Å². The summed E-state index contributed by atoms with van der Waals surface area (Å²) in [6.45, 7) is 0. The minimum Gasteiger partial charge on any atom is -0.456 e. The van der Waals surface area contributed by atoms with Crippen molar-refractivity contribution >= 4 is 98.1 Å². The summed E-state index contributed by atoms with van der Waals surface area (Å²) in [4.78, 5) is 15.5. The van der Waals surface area contributed by atoms with Gasteiger partial charge in [0.2, 0.25) is 0 Å². The van der Waals surface area contributed by atoms with Gasteiger partial charge in [0, 0.05) is 49.0 Å². The second kappa shape index (κ2) is 12.9. The molecule has 292 valence electrons. The van der Waals surface area contributed by atoms with Crippen LogP contribution < -0.4 is 0 Å². The molecule has 0 saturated heterocycles. The van der Waals surface area contributed by atoms with E-state index in [2.05, 4.69) is 133 Å². The third-order valence-electron chi connectivity index (χ3n) is 12.7. The molecule has 0 fully saturated rings. The molecule has 0 aliphatic carbocycles. The number of rotatable bonds is 4. The molecule has 14 rings (SSSR count). The molecule has 0 bridgehead atoms. The van der Waals surface area contributed by atoms with E-state index < -0.39 is 0 Å². The number of benzene rings is 10. The average Bonchev–Trinajstić information content (AvgIpc) is 4.04. The fourth-order valence-electron chi connectivity index (χ4n) is 9.68. The van der Waals surface area contributed by atoms with E-state index >= 15 is 0 Å². The molecule has 6 heteroatoms. The quantitative estimate of drug-likeness (QED) is 0.165. The van der Waals surface area contributed by atoms with E-state index in [9.17, 15) is 0 Å². The van der Waals surface area contributed by atoms with Crippen molar-refractivity contribution in [2.75, 3.05) is 0 Å². The van der Waals surface area contributed by atoms with Gasteiger partial charge in [0.1, 0.15) is 33.5 Å². The lowest BCUT2D eigenvalue weighted by Crippen LogP contribution is -2.00. The van der Waals surface area contributed by atoms with Gasteiger partial charge in [-0.3, -0.25) is 0 Å². The molecule has 4 heterocycles. The van der Waals surface area contributed by atoms with Crippen LogP contribution in [0.2, 0.25) is 0 Å². The zero-order chi connectivity index (χ0) is 41.2. The lowest BCUT2D eigenvalue weighted by atomic mass is 9.93. The van der Waals surface area contributed by atoms with E-state index in [1.54, 1.807) is 0 Å². The Labute approximate surface area is 358 Å². The smallest absolute Gasteiger partial charge is 0.164 e. The molecular weight excluding hydrogens is 775 g/mol. The van der Waals surface area contributed by atoms with E-state index in [0.717, 1.165) is 99.0 Å². The number of fused-ring (bicyclic) bond motifs is 15. The summed E-state index contributed by atoms with van der Waals surface area (Å²) >= 11 is 0. The van der Waals surface area contributed by atoms with Gasteiger partial charge < -0.3 is 13.3 Å². The summed E-state index contributed by atoms with van der Waals surface area (Å²) in [6, 6.07) is 65.3. The highest BCUT2D eigenvalue weighted by atomic mass is 16.3. The van der Waals surface area contributed by atoms with Gasteiger partial charge in [0.15, 0.2) is 17.5 Å². The summed E-state index contributed by atoms with van der Waals surface area (Å²) in [5.41, 5.74) is 9.66. The molecular formula is C57H31N3O3. The maximum absolute atomic E-state index is 6.54. The minimum absolute atomic E-state index is 0.547. The van der Waals surface area contributed by atoms with Gasteiger partial charge in [0.25, 0.3) is 0 Å². The molecule has 0 amide bonds. The highest BCUT2D eigenvalue weighted by molar-refractivity contribution is 6.25. The summed E-state index contributed by atoms with van der Waals surface area (Å²) in [5.74, 6) is 1.68. The summed E-state index contributed by atoms with van der Waals surface area (Å²) < 4.78 is 19.1. The molecule has 0 atom stereocenters. The van der Waals surface area contributed by atoms with Crippen LogP contribution in [0.25, 0.3) is 143 Å². The molecule has 0 spiro atoms. The maximum Gasteiger partial charge on any atom is 0.164 e. The Morgan fingerprint density at radius 2 is 0.508 bits per heavy atom. The molecule has 4 aromatic heterocycles. The normalized spacial score (nSPS) is 12.1. The van der Waals surface area contributed by atoms with Crippen LogP contribution in [0.5, 0.6) is 0 Å². The van der Waals surface area contributed by atoms with Crippen LogP contribution in [0.1, 0.15) is 0 Å². The lowest BCUT2D eigenvalue weighted by molar-refractivity contribution is 0.668. The van der Waals surface area contributed by atoms with Crippen molar-refractivity contribution < 1.29 is 13.3 Å². The van der Waals surface area contributed by atoms with Crippen molar-refractivity contribution in [2.45, 2.75) is 0 Å². The monoisotopic (exact) mass is 805 g/mol. The predicted molar refractivity (Wildman–Crippen MR) is 256 cm³/mol. The van der Waals surface area contributed by atoms with E-state index in [-0.39, 0.29) is 0 Å². The minimum atomic E-state index is 0.547. The van der Waals surface area contributed by atoms with Crippen LogP contribution in [-0.4, -0.2) is 15.0 Å². The van der Waals surface area contributed by atoms with E-state index in [1.807, 2.05) is 54.6 Å². The summed E-state index contributed by atoms with van der Waals surface area (Å²) in [6.07, 6.45) is 0. The molecule has 6 nitrogen and oxygen atoms in total. The molecule has 0 aliphatic rings. The topological polar surface area (TPSA) is 78.1 Å². The zero-order valence-corrected chi connectivity index (χ0v) is 33.5. The third-order valence-corrected chi connectivity index (χ3v) is 12.7. The lowest BCUT2D eigenvalue weighted by Gasteiger charge is -2.12. The van der Waals surface area contributed by atoms with E-state index in [1.165, 1.54) is 26.9 Å². The van der Waals surface area contributed by atoms with Gasteiger partial charge in [0.05, 0.1) is 0 Å². The maximum atomic E-state index is 6.54. The van der Waals surface area contributed by atoms with Crippen LogP contribution in [0.3, 0.4) is 0 Å². The Kier molecular flexibility index (Phi) is 7.02. The van der Waals surface area contributed by atoms with Crippen LogP contribution >= 0.6 is 0 Å². The second-order valence-electron chi connectivity index (χ2n) is 16.3. The Hall–Kier alpha value is -8.61. The van der Waals surface area contributed by atoms with Crippen LogP contribution in [-0.2, 0) is 0 Å². The van der Waals surface area contributed by atoms with E-state index in [0.29, 0.717) is 17.5 Å². The first-order chi connectivity index (χ1) is 31.2. The standard InChI is InChI=1S/C57H31N3O3/c1-2-11-39-37(9-1)38-10-3-4-12-40(38)47-28-34(18-22-41(39)47)55-58-56(35-19-24-45-43-14-6-8-16-50(43)62-53(45)30-35)60-57(59-55)36-20-25-46-48-27-32(21-26-51(48)63-54(46)31-36)33-17-23-44-42-13-5-7-15-49(42)61-52(44)29-33/h1-31H. The molecule has 0 N–H and O–H groups in total. The van der Waals surface area contributed by atoms with E-state index in [4.69, 9.17) is 28.2 Å². The Morgan fingerprint density at radius 3 is 1.03 bits per heavy atom. The zero-order valence-electron chi connectivity index (χ0n) is 33.5. The van der Waals surface area contributed by atoms with Crippen molar-refractivity contribution in [1.29, 1.82) is 0 Å². The number of aromatic nitrogens is 3. The fourth-order valence-corrected chi connectivity index (χ4v) is 9.68. The largest absolute Gasteiger partial charge is 0.456 e. The van der Waals surface area contributed by atoms with Crippen molar-refractivity contribution in [3.63, 3.8) is 0 Å². The molecule has 10 aromatic carbocycles. The van der Waals surface area contributed by atoms with Gasteiger partial charge in [-0.25, -0.2) is 15.0 Å². The number of furan rings is 3. The number of nitrogens with zero attached hydrogens (tertiary/aromatic N) is 3. The highest BCUT2D eigenvalue weighted by Gasteiger charge is 2.18. The van der Waals surface area contributed by atoms with Crippen molar-refractivity contribution in [2.24, 2.45) is 0 Å². The summed E-state index contributed by atoms with van der Waals surface area (Å²) in [7, 11) is 0. The third kappa shape index (κ3) is 5.22. The van der Waals surface area contributed by atoms with Gasteiger partial charge in [-0.15, -0.1) is 0 Å². The second-order valence-corrected chi connectivity index (χ2v) is 16.3. The number of para-hydroxylation sites is 2. The first-order valence-electron chi connectivity index (χ1n) is 21.1. The average molecular weight is 806 g/mol. The molecule has 14 aromatic rings. The summed E-state index contributed by atoms with van der Waals surface area (Å²) in [5, 5.41) is 13.6. The van der Waals surface area contributed by atoms with Crippen LogP contribution in [0.4, 0.5) is 0 Å². The first-order valence-corrected chi connectivity index (χ1v) is 21.1. The highest BCUT2D eigenvalue weighted by Crippen LogP contribution is 2.40. The fraction of sp³-hybridized carbons (Fsp3) is 0. The first kappa shape index (κ1) is 34.1. The molecule has 63 heavy (non-hydrogen) atoms. The molecule has 0 unspecified atom stereocenters. The predicted octanol–water partition coefficient (Wildman–Crippen LogP) is 15.7. The van der Waals surface area contributed by atoms with Crippen molar-refractivity contribution in [1.82, 2.24) is 15.0 Å². The number of hydrogen-bond donors (Lipinski definition) is 0. The Balaban J connectivity index is 0.926. The van der Waals surface area contributed by atoms with Crippen molar-refractivity contribution in [3.8, 4) is 45.3 Å². The SMILES string of the molecule is c1ccc2c(c1)oc1cc(-c3ccc4oc5cc(-c6nc(-c7ccc8c(c7)oc7ccccc78)nc(-c7ccc8c9ccccc9c9ccccc9c8c7)n6)ccc5c4c3)ccc12. The Morgan fingerprint density at radius 1 is 0.206 bits per heavy atom. The molecule has 0 radical (unpaired) electrons. The van der Waals surface area contributed by atoms with Gasteiger partial charge >= 0.3 is 0 Å². The van der Waals surface area contributed by atoms with Crippen molar-refractivity contribution in [3.05, 3.63) is 188 Å².